The van der Waals surface area contributed by atoms with Crippen molar-refractivity contribution < 1.29 is 18.9 Å². The van der Waals surface area contributed by atoms with Gasteiger partial charge < -0.3 is 24.4 Å². The summed E-state index contributed by atoms with van der Waals surface area (Å²) in [7, 11) is 6.44. The fourth-order valence-corrected chi connectivity index (χ4v) is 1.95. The minimum Gasteiger partial charge on any atom is -0.374 e. The first-order valence-electron chi connectivity index (χ1n) is 6.83. The Balaban J connectivity index is 3.08. The third kappa shape index (κ3) is 4.13. The zero-order chi connectivity index (χ0) is 16.0. The molecule has 1 rings (SSSR count). The first kappa shape index (κ1) is 17.8. The van der Waals surface area contributed by atoms with E-state index in [1.165, 1.54) is 0 Å². The highest BCUT2D eigenvalue weighted by Gasteiger charge is 2.24. The molecule has 1 aromatic rings. The van der Waals surface area contributed by atoms with Crippen LogP contribution in [-0.2, 0) is 18.9 Å². The lowest BCUT2D eigenvalue weighted by Gasteiger charge is -2.26. The standard InChI is InChI=1S/C13H26N4O4/c1-8(13(20-6)21-7)16-17-11(9(2)18-4)14-15-12(17)10(3)19-5/h8-10,13,16H,1-7H3/t8?,9-,10-/m0/s1. The molecule has 122 valence electrons. The first-order chi connectivity index (χ1) is 9.99. The lowest BCUT2D eigenvalue weighted by Crippen LogP contribution is -2.40. The molecule has 0 saturated heterocycles. The summed E-state index contributed by atoms with van der Waals surface area (Å²) >= 11 is 0. The molecule has 0 radical (unpaired) electrons. The summed E-state index contributed by atoms with van der Waals surface area (Å²) in [5, 5.41) is 8.37. The van der Waals surface area contributed by atoms with Crippen LogP contribution >= 0.6 is 0 Å². The van der Waals surface area contributed by atoms with Gasteiger partial charge in [0.2, 0.25) is 0 Å². The van der Waals surface area contributed by atoms with Gasteiger partial charge in [-0.25, -0.2) is 4.68 Å². The summed E-state index contributed by atoms with van der Waals surface area (Å²) in [5.41, 5.74) is 3.27. The van der Waals surface area contributed by atoms with Crippen molar-refractivity contribution in [3.8, 4) is 0 Å². The van der Waals surface area contributed by atoms with Gasteiger partial charge in [-0.15, -0.1) is 10.2 Å². The van der Waals surface area contributed by atoms with Gasteiger partial charge in [0.05, 0.1) is 6.04 Å². The maximum Gasteiger partial charge on any atom is 0.180 e. The van der Waals surface area contributed by atoms with Crippen LogP contribution in [0.1, 0.15) is 44.6 Å². The van der Waals surface area contributed by atoms with E-state index in [9.17, 15) is 0 Å². The normalized spacial score (nSPS) is 16.0. The SMILES string of the molecule is COC(OC)C(C)Nn1c([C@H](C)OC)nnc1[C@H](C)OC. The smallest absolute Gasteiger partial charge is 0.180 e. The van der Waals surface area contributed by atoms with Gasteiger partial charge in [-0.05, 0) is 20.8 Å². The van der Waals surface area contributed by atoms with Crippen molar-refractivity contribution in [2.45, 2.75) is 45.3 Å². The maximum atomic E-state index is 5.33. The molecule has 8 nitrogen and oxygen atoms in total. The lowest BCUT2D eigenvalue weighted by molar-refractivity contribution is -0.111. The van der Waals surface area contributed by atoms with E-state index in [-0.39, 0.29) is 18.2 Å². The highest BCUT2D eigenvalue weighted by molar-refractivity contribution is 5.05. The molecular weight excluding hydrogens is 276 g/mol. The zero-order valence-electron chi connectivity index (χ0n) is 13.8. The van der Waals surface area contributed by atoms with E-state index >= 15 is 0 Å². The lowest BCUT2D eigenvalue weighted by atomic mass is 10.3. The van der Waals surface area contributed by atoms with Crippen LogP contribution in [0.4, 0.5) is 0 Å². The summed E-state index contributed by atoms with van der Waals surface area (Å²) in [6.07, 6.45) is -0.819. The van der Waals surface area contributed by atoms with Crippen LogP contribution < -0.4 is 5.43 Å². The van der Waals surface area contributed by atoms with Crippen LogP contribution in [0.5, 0.6) is 0 Å². The van der Waals surface area contributed by atoms with Crippen LogP contribution in [0.25, 0.3) is 0 Å². The predicted octanol–water partition coefficient (Wildman–Crippen LogP) is 1.24. The Morgan fingerprint density at radius 1 is 0.810 bits per heavy atom. The summed E-state index contributed by atoms with van der Waals surface area (Å²) in [5.74, 6) is 1.32. The van der Waals surface area contributed by atoms with E-state index in [4.69, 9.17) is 18.9 Å². The monoisotopic (exact) mass is 302 g/mol. The third-order valence-electron chi connectivity index (χ3n) is 3.35. The highest BCUT2D eigenvalue weighted by Crippen LogP contribution is 2.20. The molecule has 1 aromatic heterocycles. The average Bonchev–Trinajstić information content (AvgIpc) is 2.90. The van der Waals surface area contributed by atoms with Crippen molar-refractivity contribution in [3.63, 3.8) is 0 Å². The van der Waals surface area contributed by atoms with E-state index in [1.54, 1.807) is 33.1 Å². The van der Waals surface area contributed by atoms with Crippen molar-refractivity contribution in [1.82, 2.24) is 14.9 Å². The van der Waals surface area contributed by atoms with Crippen LogP contribution in [-0.4, -0.2) is 55.6 Å². The van der Waals surface area contributed by atoms with Crippen LogP contribution in [0.15, 0.2) is 0 Å². The van der Waals surface area contributed by atoms with E-state index < -0.39 is 6.29 Å². The molecule has 21 heavy (non-hydrogen) atoms. The zero-order valence-corrected chi connectivity index (χ0v) is 13.8. The van der Waals surface area contributed by atoms with Gasteiger partial charge in [0.1, 0.15) is 12.2 Å². The number of rotatable bonds is 9. The van der Waals surface area contributed by atoms with Crippen molar-refractivity contribution in [1.29, 1.82) is 0 Å². The summed E-state index contributed by atoms with van der Waals surface area (Å²) in [6.45, 7) is 5.75. The Labute approximate surface area is 125 Å². The number of hydrogen-bond acceptors (Lipinski definition) is 7. The van der Waals surface area contributed by atoms with Gasteiger partial charge in [-0.2, -0.15) is 0 Å². The van der Waals surface area contributed by atoms with E-state index in [1.807, 2.05) is 20.8 Å². The second-order valence-electron chi connectivity index (χ2n) is 4.77. The number of methoxy groups -OCH3 is 4. The van der Waals surface area contributed by atoms with Crippen molar-refractivity contribution in [2.24, 2.45) is 0 Å². The summed E-state index contributed by atoms with van der Waals surface area (Å²) in [6, 6.07) is -0.124. The summed E-state index contributed by atoms with van der Waals surface area (Å²) < 4.78 is 23.0. The highest BCUT2D eigenvalue weighted by atomic mass is 16.7. The van der Waals surface area contributed by atoms with Gasteiger partial charge in [0, 0.05) is 28.4 Å². The minimum atomic E-state index is -0.399. The molecule has 0 bridgehead atoms. The molecule has 1 unspecified atom stereocenters. The second kappa shape index (κ2) is 8.28. The quantitative estimate of drug-likeness (QED) is 0.687. The molecule has 0 aliphatic heterocycles. The Morgan fingerprint density at radius 3 is 1.57 bits per heavy atom. The van der Waals surface area contributed by atoms with E-state index in [0.717, 1.165) is 0 Å². The van der Waals surface area contributed by atoms with E-state index in [0.29, 0.717) is 11.6 Å². The molecule has 1 N–H and O–H groups in total. The fourth-order valence-electron chi connectivity index (χ4n) is 1.95. The van der Waals surface area contributed by atoms with E-state index in [2.05, 4.69) is 15.6 Å². The molecule has 8 heteroatoms. The molecule has 0 amide bonds. The van der Waals surface area contributed by atoms with Crippen molar-refractivity contribution in [2.75, 3.05) is 33.9 Å². The van der Waals surface area contributed by atoms with Crippen LogP contribution in [0.2, 0.25) is 0 Å². The third-order valence-corrected chi connectivity index (χ3v) is 3.35. The molecule has 3 atom stereocenters. The fraction of sp³-hybridized carbons (Fsp3) is 0.846. The molecule has 0 saturated carbocycles. The van der Waals surface area contributed by atoms with Gasteiger partial charge in [0.15, 0.2) is 17.9 Å². The Morgan fingerprint density at radius 2 is 1.24 bits per heavy atom. The van der Waals surface area contributed by atoms with Gasteiger partial charge in [-0.1, -0.05) is 0 Å². The number of nitrogens with one attached hydrogen (secondary N) is 1. The van der Waals surface area contributed by atoms with Crippen LogP contribution in [0.3, 0.4) is 0 Å². The number of nitrogens with zero attached hydrogens (tertiary/aromatic N) is 3. The first-order valence-corrected chi connectivity index (χ1v) is 6.83. The number of ether oxygens (including phenoxy) is 4. The average molecular weight is 302 g/mol. The largest absolute Gasteiger partial charge is 0.374 e. The van der Waals surface area contributed by atoms with Gasteiger partial charge in [0.25, 0.3) is 0 Å². The summed E-state index contributed by atoms with van der Waals surface area (Å²) in [4.78, 5) is 0. The van der Waals surface area contributed by atoms with Gasteiger partial charge >= 0.3 is 0 Å². The van der Waals surface area contributed by atoms with Crippen molar-refractivity contribution >= 4 is 0 Å². The maximum absolute atomic E-state index is 5.33. The topological polar surface area (TPSA) is 79.7 Å². The molecule has 0 aromatic carbocycles. The molecule has 0 spiro atoms. The predicted molar refractivity (Wildman–Crippen MR) is 77.5 cm³/mol. The number of aromatic nitrogens is 3. The van der Waals surface area contributed by atoms with Crippen molar-refractivity contribution in [3.05, 3.63) is 11.6 Å². The molecule has 0 aliphatic carbocycles. The van der Waals surface area contributed by atoms with Crippen LogP contribution in [0, 0.1) is 0 Å². The molecular formula is C13H26N4O4. The van der Waals surface area contributed by atoms with Gasteiger partial charge in [-0.3, -0.25) is 0 Å². The molecule has 1 heterocycles. The molecule has 0 fully saturated rings. The Kier molecular flexibility index (Phi) is 7.03. The number of hydrogen-bond donors (Lipinski definition) is 1. The Hall–Kier alpha value is -1.22. The second-order valence-corrected chi connectivity index (χ2v) is 4.77. The Bertz CT molecular complexity index is 395. The molecule has 0 aliphatic rings. The minimum absolute atomic E-state index is 0.124.